The van der Waals surface area contributed by atoms with Gasteiger partial charge in [0.25, 0.3) is 11.8 Å². The van der Waals surface area contributed by atoms with Crippen LogP contribution in [0, 0.1) is 23.5 Å². The molecule has 0 saturated heterocycles. The average Bonchev–Trinajstić information content (AvgIpc) is 3.89. The molecule has 0 fully saturated rings. The Morgan fingerprint density at radius 3 is 1.29 bits per heavy atom. The zero-order valence-electron chi connectivity index (χ0n) is 41.5. The summed E-state index contributed by atoms with van der Waals surface area (Å²) in [5.74, 6) is -5.02. The van der Waals surface area contributed by atoms with Crippen molar-refractivity contribution in [1.29, 1.82) is 0 Å². The molecule has 4 aromatic rings. The maximum atomic E-state index is 15.1. The van der Waals surface area contributed by atoms with E-state index in [9.17, 15) is 29.4 Å². The molecular weight excluding hydrogens is 935 g/mol. The first-order chi connectivity index (χ1) is 34.4. The number of nitrogens with two attached hydrogens (primary N) is 2. The van der Waals surface area contributed by atoms with E-state index in [1.807, 2.05) is 39.8 Å². The van der Waals surface area contributed by atoms with Crippen molar-refractivity contribution >= 4 is 23.8 Å². The van der Waals surface area contributed by atoms with Gasteiger partial charge in [-0.1, -0.05) is 125 Å². The predicted octanol–water partition coefficient (Wildman–Crippen LogP) is 5.28. The lowest BCUT2D eigenvalue weighted by molar-refractivity contribution is -0.192. The number of halogens is 2. The maximum absolute atomic E-state index is 15.1. The summed E-state index contributed by atoms with van der Waals surface area (Å²) in [6.07, 6.45) is -10.7. The van der Waals surface area contributed by atoms with E-state index >= 15 is 8.78 Å². The van der Waals surface area contributed by atoms with Crippen molar-refractivity contribution in [3.05, 3.63) is 142 Å². The SMILES string of the molecule is CC[C@H](C)[C@H](N)C(=O)OC(C)O[C@@H]1Cc2ccccc2[C@@H]1NC(=O)[C@H](OCc1ccccc1F)[C@H](O)[C@@H](O)[C@@H](OCc1ccccc1F)C(=O)N[C@H]1c2ccccc2C[C@H]1OC(C)OC(=O)[C@@H](N)[C@@H](C)CC. The van der Waals surface area contributed by atoms with Crippen LogP contribution in [0.15, 0.2) is 97.1 Å². The van der Waals surface area contributed by atoms with Crippen LogP contribution in [0.1, 0.15) is 99.8 Å². The Morgan fingerprint density at radius 2 is 0.931 bits per heavy atom. The Kier molecular flexibility index (Phi) is 19.9. The van der Waals surface area contributed by atoms with Crippen LogP contribution in [-0.2, 0) is 73.7 Å². The number of aliphatic hydroxyl groups is 2. The predicted molar refractivity (Wildman–Crippen MR) is 260 cm³/mol. The number of hydrogen-bond acceptors (Lipinski definition) is 14. The van der Waals surface area contributed by atoms with Crippen molar-refractivity contribution in [2.24, 2.45) is 23.3 Å². The number of benzene rings is 4. The van der Waals surface area contributed by atoms with Crippen molar-refractivity contribution in [2.75, 3.05) is 0 Å². The molecule has 390 valence electrons. The molecule has 8 N–H and O–H groups in total. The Labute approximate surface area is 419 Å². The third-order valence-corrected chi connectivity index (χ3v) is 13.6. The van der Waals surface area contributed by atoms with Gasteiger partial charge in [-0.25, -0.2) is 8.78 Å². The molecular formula is C54H68F2N4O12. The second kappa shape index (κ2) is 25.8. The van der Waals surface area contributed by atoms with E-state index in [2.05, 4.69) is 10.6 Å². The van der Waals surface area contributed by atoms with Crippen LogP contribution in [0.5, 0.6) is 0 Å². The number of nitrogens with one attached hydrogen (secondary N) is 2. The van der Waals surface area contributed by atoms with Crippen molar-refractivity contribution in [1.82, 2.24) is 10.6 Å². The van der Waals surface area contributed by atoms with Gasteiger partial charge in [0.1, 0.15) is 35.9 Å². The smallest absolute Gasteiger partial charge is 0.325 e. The van der Waals surface area contributed by atoms with Gasteiger partial charge < -0.3 is 60.7 Å². The number of esters is 2. The summed E-state index contributed by atoms with van der Waals surface area (Å²) in [5.41, 5.74) is 15.1. The molecule has 2 aliphatic carbocycles. The monoisotopic (exact) mass is 1000 g/mol. The van der Waals surface area contributed by atoms with Gasteiger partial charge in [-0.15, -0.1) is 0 Å². The van der Waals surface area contributed by atoms with Gasteiger partial charge in [0.2, 0.25) is 12.6 Å². The third kappa shape index (κ3) is 13.9. The summed E-state index contributed by atoms with van der Waals surface area (Å²) >= 11 is 0. The lowest BCUT2D eigenvalue weighted by Gasteiger charge is -2.33. The van der Waals surface area contributed by atoms with Gasteiger partial charge in [-0.05, 0) is 60.1 Å². The fraction of sp³-hybridized carbons (Fsp3) is 0.481. The number of carbonyl (C=O) groups is 4. The second-order valence-electron chi connectivity index (χ2n) is 18.6. The van der Waals surface area contributed by atoms with E-state index in [0.29, 0.717) is 24.0 Å². The van der Waals surface area contributed by atoms with E-state index in [1.54, 1.807) is 48.5 Å². The first kappa shape index (κ1) is 55.6. The maximum Gasteiger partial charge on any atom is 0.325 e. The molecule has 4 aromatic carbocycles. The summed E-state index contributed by atoms with van der Waals surface area (Å²) in [7, 11) is 0. The fourth-order valence-electron chi connectivity index (χ4n) is 8.79. The minimum Gasteiger partial charge on any atom is -0.435 e. The zero-order valence-corrected chi connectivity index (χ0v) is 41.5. The molecule has 0 heterocycles. The molecule has 2 amide bonds. The number of amides is 2. The summed E-state index contributed by atoms with van der Waals surface area (Å²) < 4.78 is 65.7. The van der Waals surface area contributed by atoms with Gasteiger partial charge in [-0.2, -0.15) is 0 Å². The van der Waals surface area contributed by atoms with Crippen LogP contribution >= 0.6 is 0 Å². The minimum absolute atomic E-state index is 0.00783. The van der Waals surface area contributed by atoms with Gasteiger partial charge in [0, 0.05) is 24.0 Å². The number of rotatable bonds is 25. The highest BCUT2D eigenvalue weighted by atomic mass is 19.1. The standard InChI is InChI=1S/C54H68F2N4O12/c1-7-29(3)43(57)53(65)71-31(5)69-41-25-33-17-9-13-21-37(33)45(41)59-51(63)49(67-27-35-19-11-15-23-39(35)55)47(61)48(62)50(68-28-36-20-12-16-24-40(36)56)52(64)60-46-38-22-14-10-18-34(38)26-42(46)70-32(6)72-54(66)44(58)30(4)8-2/h9-24,29-32,41-50,61-62H,7-8,25-28,57-58H2,1-6H3,(H,59,63)(H,60,64)/t29-,30-,31?,32?,41+,42+,43-,44-,45-,46-,47+,48+,49+,50+/m0/s1. The van der Waals surface area contributed by atoms with E-state index in [-0.39, 0.29) is 35.8 Å². The highest BCUT2D eigenvalue weighted by Crippen LogP contribution is 2.36. The molecule has 14 atom stereocenters. The van der Waals surface area contributed by atoms with Gasteiger partial charge >= 0.3 is 11.9 Å². The quantitative estimate of drug-likeness (QED) is 0.0366. The highest BCUT2D eigenvalue weighted by Gasteiger charge is 2.45. The second-order valence-corrected chi connectivity index (χ2v) is 18.6. The Balaban J connectivity index is 1.29. The van der Waals surface area contributed by atoms with Crippen molar-refractivity contribution < 1.29 is 66.6 Å². The Hall–Kier alpha value is -5.70. The largest absolute Gasteiger partial charge is 0.435 e. The number of fused-ring (bicyclic) bond motifs is 2. The fourth-order valence-corrected chi connectivity index (χ4v) is 8.79. The molecule has 0 aromatic heterocycles. The lowest BCUT2D eigenvalue weighted by Crippen LogP contribution is -2.57. The number of carbonyl (C=O) groups excluding carboxylic acids is 4. The first-order valence-corrected chi connectivity index (χ1v) is 24.5. The summed E-state index contributed by atoms with van der Waals surface area (Å²) in [4.78, 5) is 55.2. The topological polar surface area (TPSA) is 240 Å². The number of ether oxygens (including phenoxy) is 6. The minimum atomic E-state index is -2.27. The van der Waals surface area contributed by atoms with Crippen LogP contribution < -0.4 is 22.1 Å². The molecule has 6 rings (SSSR count). The molecule has 0 bridgehead atoms. The Bertz CT molecular complexity index is 2300. The third-order valence-electron chi connectivity index (χ3n) is 13.6. The summed E-state index contributed by atoms with van der Waals surface area (Å²) in [6.45, 7) is 9.34. The molecule has 72 heavy (non-hydrogen) atoms. The molecule has 2 aliphatic rings. The van der Waals surface area contributed by atoms with Crippen LogP contribution in [0.4, 0.5) is 8.78 Å². The summed E-state index contributed by atoms with van der Waals surface area (Å²) in [5, 5.41) is 30.1. The lowest BCUT2D eigenvalue weighted by atomic mass is 9.99. The van der Waals surface area contributed by atoms with E-state index < -0.39 is 122 Å². The van der Waals surface area contributed by atoms with E-state index in [0.717, 1.165) is 11.1 Å². The molecule has 0 radical (unpaired) electrons. The van der Waals surface area contributed by atoms with Crippen LogP contribution in [0.2, 0.25) is 0 Å². The molecule has 0 spiro atoms. The van der Waals surface area contributed by atoms with E-state index in [1.165, 1.54) is 50.2 Å². The Morgan fingerprint density at radius 1 is 0.583 bits per heavy atom. The summed E-state index contributed by atoms with van der Waals surface area (Å²) in [6, 6.07) is 21.8. The molecule has 0 aliphatic heterocycles. The number of aliphatic hydroxyl groups excluding tert-OH is 2. The van der Waals surface area contributed by atoms with Crippen LogP contribution in [-0.4, -0.2) is 95.3 Å². The molecule has 16 nitrogen and oxygen atoms in total. The van der Waals surface area contributed by atoms with Crippen molar-refractivity contribution in [3.63, 3.8) is 0 Å². The van der Waals surface area contributed by atoms with Gasteiger partial charge in [0.05, 0.1) is 37.5 Å². The molecule has 18 heteroatoms. The van der Waals surface area contributed by atoms with Crippen LogP contribution in [0.25, 0.3) is 0 Å². The van der Waals surface area contributed by atoms with Gasteiger partial charge in [-0.3, -0.25) is 19.2 Å². The first-order valence-electron chi connectivity index (χ1n) is 24.5. The van der Waals surface area contributed by atoms with Crippen LogP contribution in [0.3, 0.4) is 0 Å². The number of hydrogen-bond donors (Lipinski definition) is 6. The zero-order chi connectivity index (χ0) is 52.2. The van der Waals surface area contributed by atoms with E-state index in [4.69, 9.17) is 39.9 Å². The van der Waals surface area contributed by atoms with Crippen molar-refractivity contribution in [2.45, 2.75) is 154 Å². The average molecular weight is 1000 g/mol. The normalized spacial score (nSPS) is 21.3. The molecule has 2 unspecified atom stereocenters. The van der Waals surface area contributed by atoms with Gasteiger partial charge in [0.15, 0.2) is 12.2 Å². The van der Waals surface area contributed by atoms with Crippen molar-refractivity contribution in [3.8, 4) is 0 Å². The highest BCUT2D eigenvalue weighted by molar-refractivity contribution is 5.84. The molecule has 0 saturated carbocycles.